The van der Waals surface area contributed by atoms with Gasteiger partial charge in [0.15, 0.2) is 5.76 Å². The second-order valence-corrected chi connectivity index (χ2v) is 15.8. The number of aliphatic hydroxyl groups excluding tert-OH is 1. The number of aromatic amines is 1. The molecule has 61 heavy (non-hydrogen) atoms. The molecule has 1 unspecified atom stereocenters. The molecule has 13 heteroatoms. The molecule has 2 aromatic heterocycles. The highest BCUT2D eigenvalue weighted by atomic mass is 16.6. The van der Waals surface area contributed by atoms with Crippen molar-refractivity contribution in [1.29, 1.82) is 0 Å². The summed E-state index contributed by atoms with van der Waals surface area (Å²) >= 11 is 0. The van der Waals surface area contributed by atoms with Gasteiger partial charge in [-0.15, -0.1) is 0 Å². The van der Waals surface area contributed by atoms with E-state index in [4.69, 9.17) is 13.9 Å². The molecule has 316 valence electrons. The van der Waals surface area contributed by atoms with Crippen LogP contribution in [-0.2, 0) is 17.9 Å². The van der Waals surface area contributed by atoms with Gasteiger partial charge in [0.2, 0.25) is 5.56 Å². The van der Waals surface area contributed by atoms with Crippen LogP contribution in [0, 0.1) is 5.92 Å². The Morgan fingerprint density at radius 1 is 0.902 bits per heavy atom. The van der Waals surface area contributed by atoms with E-state index in [-0.39, 0.29) is 47.7 Å². The lowest BCUT2D eigenvalue weighted by atomic mass is 9.86. The number of aromatic hydroxyl groups is 1. The van der Waals surface area contributed by atoms with Crippen LogP contribution < -0.4 is 20.9 Å². The van der Waals surface area contributed by atoms with Gasteiger partial charge in [-0.25, -0.2) is 4.79 Å². The monoisotopic (exact) mass is 825 g/mol. The first-order chi connectivity index (χ1) is 29.8. The molecule has 13 nitrogen and oxygen atoms in total. The molecule has 3 aliphatic rings. The number of amides is 2. The lowest BCUT2D eigenvalue weighted by Gasteiger charge is -2.43. The molecule has 9 rings (SSSR count). The molecule has 5 heterocycles. The maximum Gasteiger partial charge on any atom is 0.408 e. The van der Waals surface area contributed by atoms with Gasteiger partial charge in [-0.2, -0.15) is 0 Å². The normalized spacial score (nSPS) is 18.0. The highest BCUT2D eigenvalue weighted by Gasteiger charge is 2.37. The maximum absolute atomic E-state index is 13.9. The van der Waals surface area contributed by atoms with Gasteiger partial charge in [-0.3, -0.25) is 14.5 Å². The SMILES string of the molecule is O=C(NC(c1ccccc1)c1cccc(OCc2ccc(C(=O)N(CCCNC[C@@H](O)c3ccc(O)c4[nH]c(=O)ccc34)Cc3ccccc3)o2)c1)O[C@H]1CN2CCC1CC2. The van der Waals surface area contributed by atoms with Crippen molar-refractivity contribution in [3.63, 3.8) is 0 Å². The number of pyridine rings is 1. The van der Waals surface area contributed by atoms with E-state index in [9.17, 15) is 24.6 Å². The zero-order chi connectivity index (χ0) is 42.1. The number of hydrogen-bond donors (Lipinski definition) is 5. The minimum absolute atomic E-state index is 0.0674. The number of nitrogens with one attached hydrogen (secondary N) is 3. The number of aliphatic hydroxyl groups is 1. The average molecular weight is 826 g/mol. The van der Waals surface area contributed by atoms with Gasteiger partial charge in [0.25, 0.3) is 5.91 Å². The van der Waals surface area contributed by atoms with Gasteiger partial charge >= 0.3 is 6.09 Å². The van der Waals surface area contributed by atoms with Crippen molar-refractivity contribution in [2.24, 2.45) is 5.92 Å². The largest absolute Gasteiger partial charge is 0.506 e. The van der Waals surface area contributed by atoms with Gasteiger partial charge in [0, 0.05) is 37.6 Å². The van der Waals surface area contributed by atoms with Gasteiger partial charge in [0.1, 0.15) is 30.0 Å². The third-order valence-corrected chi connectivity index (χ3v) is 11.6. The quantitative estimate of drug-likeness (QED) is 0.0627. The maximum atomic E-state index is 13.9. The van der Waals surface area contributed by atoms with E-state index in [1.165, 1.54) is 12.1 Å². The summed E-state index contributed by atoms with van der Waals surface area (Å²) in [5, 5.41) is 28.1. The van der Waals surface area contributed by atoms with E-state index in [0.29, 0.717) is 54.4 Å². The van der Waals surface area contributed by atoms with Crippen LogP contribution in [-0.4, -0.2) is 82.4 Å². The fraction of sp³-hybridized carbons (Fsp3) is 0.312. The minimum Gasteiger partial charge on any atom is -0.506 e. The summed E-state index contributed by atoms with van der Waals surface area (Å²) in [6.07, 6.45) is 1.25. The van der Waals surface area contributed by atoms with E-state index in [0.717, 1.165) is 49.2 Å². The van der Waals surface area contributed by atoms with Crippen LogP contribution in [0.5, 0.6) is 11.5 Å². The molecule has 3 fully saturated rings. The minimum atomic E-state index is -0.896. The van der Waals surface area contributed by atoms with Crippen LogP contribution >= 0.6 is 0 Å². The number of ether oxygens (including phenoxy) is 2. The Kier molecular flexibility index (Phi) is 13.1. The molecule has 2 bridgehead atoms. The van der Waals surface area contributed by atoms with Crippen molar-refractivity contribution < 1.29 is 33.7 Å². The Balaban J connectivity index is 0.877. The highest BCUT2D eigenvalue weighted by molar-refractivity contribution is 5.91. The molecule has 3 atom stereocenters. The number of rotatable bonds is 17. The fourth-order valence-corrected chi connectivity index (χ4v) is 8.35. The lowest BCUT2D eigenvalue weighted by Crippen LogP contribution is -2.52. The Bertz CT molecular complexity index is 2470. The lowest BCUT2D eigenvalue weighted by molar-refractivity contribution is -0.0336. The van der Waals surface area contributed by atoms with Crippen molar-refractivity contribution in [3.05, 3.63) is 165 Å². The summed E-state index contributed by atoms with van der Waals surface area (Å²) in [5.74, 6) is 1.32. The topological polar surface area (TPSA) is 170 Å². The smallest absolute Gasteiger partial charge is 0.408 e. The predicted molar refractivity (Wildman–Crippen MR) is 230 cm³/mol. The number of benzene rings is 4. The second kappa shape index (κ2) is 19.3. The number of fused-ring (bicyclic) bond motifs is 4. The molecule has 0 saturated carbocycles. The molecule has 4 aromatic carbocycles. The number of H-pyrrole nitrogens is 1. The highest BCUT2D eigenvalue weighted by Crippen LogP contribution is 2.32. The standard InChI is InChI=1S/C48H51N5O8/c54-40-18-16-38(39-17-20-44(56)50-46(39)40)41(55)28-49-23-8-24-53(29-32-9-3-1-4-10-32)47(57)42-19-15-37(60-42)31-59-36-14-7-13-35(27-36)45(34-11-5-2-6-12-34)51-48(58)61-43-30-52-25-21-33(43)22-26-52/h1-7,9-20,27,33,41,43,45,49,54-55H,8,21-26,28-31H2,(H,50,56)(H,51,58)/t41-,43+,45?/m1/s1. The number of phenolic OH excluding ortho intramolecular Hbond substituents is 1. The van der Waals surface area contributed by atoms with E-state index < -0.39 is 18.2 Å². The van der Waals surface area contributed by atoms with E-state index in [1.54, 1.807) is 29.2 Å². The summed E-state index contributed by atoms with van der Waals surface area (Å²) in [5.41, 5.74) is 3.23. The van der Waals surface area contributed by atoms with Crippen LogP contribution in [0.2, 0.25) is 0 Å². The third kappa shape index (κ3) is 10.3. The van der Waals surface area contributed by atoms with Gasteiger partial charge < -0.3 is 44.6 Å². The molecular formula is C48H51N5O8. The van der Waals surface area contributed by atoms with Crippen LogP contribution in [0.15, 0.2) is 131 Å². The first kappa shape index (κ1) is 41.3. The molecule has 0 radical (unpaired) electrons. The molecule has 3 saturated heterocycles. The summed E-state index contributed by atoms with van der Waals surface area (Å²) in [6, 6.07) is 36.1. The van der Waals surface area contributed by atoms with E-state index in [1.807, 2.05) is 84.9 Å². The predicted octanol–water partition coefficient (Wildman–Crippen LogP) is 6.67. The number of carbonyl (C=O) groups is 2. The van der Waals surface area contributed by atoms with E-state index in [2.05, 4.69) is 20.5 Å². The van der Waals surface area contributed by atoms with E-state index >= 15 is 0 Å². The average Bonchev–Trinajstić information content (AvgIpc) is 3.77. The van der Waals surface area contributed by atoms with Crippen molar-refractivity contribution in [1.82, 2.24) is 25.4 Å². The number of aromatic nitrogens is 1. The fourth-order valence-electron chi connectivity index (χ4n) is 8.35. The van der Waals surface area contributed by atoms with Crippen molar-refractivity contribution in [3.8, 4) is 11.5 Å². The molecule has 5 N–H and O–H groups in total. The van der Waals surface area contributed by atoms with Crippen molar-refractivity contribution in [2.75, 3.05) is 39.3 Å². The third-order valence-electron chi connectivity index (χ3n) is 11.6. The molecule has 3 aliphatic heterocycles. The molecule has 0 aliphatic carbocycles. The Morgan fingerprint density at radius 3 is 2.44 bits per heavy atom. The Morgan fingerprint density at radius 2 is 1.67 bits per heavy atom. The Labute approximate surface area is 353 Å². The second-order valence-electron chi connectivity index (χ2n) is 15.8. The van der Waals surface area contributed by atoms with Gasteiger partial charge in [-0.1, -0.05) is 78.9 Å². The number of furan rings is 1. The van der Waals surface area contributed by atoms with Crippen molar-refractivity contribution in [2.45, 2.75) is 50.7 Å². The van der Waals surface area contributed by atoms with Gasteiger partial charge in [0.05, 0.1) is 17.7 Å². The molecule has 0 spiro atoms. The number of alkyl carbamates (subject to hydrolysis) is 1. The number of nitrogens with zero attached hydrogens (tertiary/aromatic N) is 2. The molecule has 2 amide bonds. The van der Waals surface area contributed by atoms with Crippen LogP contribution in [0.4, 0.5) is 4.79 Å². The summed E-state index contributed by atoms with van der Waals surface area (Å²) in [7, 11) is 0. The van der Waals surface area contributed by atoms with Crippen LogP contribution in [0.3, 0.4) is 0 Å². The Hall–Kier alpha value is -6.41. The molecular weight excluding hydrogens is 775 g/mol. The molecule has 6 aromatic rings. The number of piperidine rings is 3. The number of phenols is 1. The summed E-state index contributed by atoms with van der Waals surface area (Å²) in [4.78, 5) is 45.7. The summed E-state index contributed by atoms with van der Waals surface area (Å²) in [6.45, 7) is 4.53. The van der Waals surface area contributed by atoms with Crippen LogP contribution in [0.1, 0.15) is 70.0 Å². The zero-order valence-corrected chi connectivity index (χ0v) is 33.9. The zero-order valence-electron chi connectivity index (χ0n) is 33.9. The van der Waals surface area contributed by atoms with Gasteiger partial charge in [-0.05, 0) is 103 Å². The number of carbonyl (C=O) groups excluding carboxylic acids is 2. The first-order valence-electron chi connectivity index (χ1n) is 20.9. The first-order valence-corrected chi connectivity index (χ1v) is 20.9. The number of hydrogen-bond acceptors (Lipinski definition) is 10. The van der Waals surface area contributed by atoms with Crippen molar-refractivity contribution >= 4 is 22.9 Å². The summed E-state index contributed by atoms with van der Waals surface area (Å²) < 4.78 is 18.2. The van der Waals surface area contributed by atoms with Crippen LogP contribution in [0.25, 0.3) is 10.9 Å².